The van der Waals surface area contributed by atoms with E-state index in [0.29, 0.717) is 6.04 Å². The Bertz CT molecular complexity index is 480. The lowest BCUT2D eigenvalue weighted by Gasteiger charge is -2.29. The summed E-state index contributed by atoms with van der Waals surface area (Å²) in [4.78, 5) is 0. The fourth-order valence-electron chi connectivity index (χ4n) is 2.00. The van der Waals surface area contributed by atoms with Crippen LogP contribution in [0.15, 0.2) is 36.5 Å². The maximum atomic E-state index is 4.41. The van der Waals surface area contributed by atoms with Crippen LogP contribution in [0.1, 0.15) is 11.6 Å². The van der Waals surface area contributed by atoms with Crippen molar-refractivity contribution in [3.63, 3.8) is 0 Å². The molecule has 1 N–H and O–H groups in total. The van der Waals surface area contributed by atoms with E-state index < -0.39 is 0 Å². The zero-order valence-corrected chi connectivity index (χ0v) is 9.35. The summed E-state index contributed by atoms with van der Waals surface area (Å²) in [5.41, 5.74) is 3.75. The SMILES string of the molecule is Cc1ccc(-c2ccnn2C2CNC2)cc1. The summed E-state index contributed by atoms with van der Waals surface area (Å²) >= 11 is 0. The quantitative estimate of drug-likeness (QED) is 0.827. The highest BCUT2D eigenvalue weighted by molar-refractivity contribution is 5.59. The van der Waals surface area contributed by atoms with Gasteiger partial charge in [0.05, 0.1) is 11.7 Å². The van der Waals surface area contributed by atoms with E-state index >= 15 is 0 Å². The third-order valence-electron chi connectivity index (χ3n) is 3.12. The molecule has 0 spiro atoms. The molecule has 3 heteroatoms. The number of aryl methyl sites for hydroxylation is 1. The highest BCUT2D eigenvalue weighted by Gasteiger charge is 2.21. The minimum absolute atomic E-state index is 0.520. The lowest BCUT2D eigenvalue weighted by molar-refractivity contribution is 0.321. The van der Waals surface area contributed by atoms with E-state index in [1.54, 1.807) is 0 Å². The molecule has 3 nitrogen and oxygen atoms in total. The van der Waals surface area contributed by atoms with Gasteiger partial charge in [0.2, 0.25) is 0 Å². The van der Waals surface area contributed by atoms with Gasteiger partial charge in [-0.1, -0.05) is 29.8 Å². The van der Waals surface area contributed by atoms with Crippen LogP contribution in [-0.2, 0) is 0 Å². The summed E-state index contributed by atoms with van der Waals surface area (Å²) in [6.45, 7) is 4.16. The fourth-order valence-corrected chi connectivity index (χ4v) is 2.00. The molecule has 1 aliphatic heterocycles. The topological polar surface area (TPSA) is 29.9 Å². The van der Waals surface area contributed by atoms with Crippen LogP contribution in [0.3, 0.4) is 0 Å². The Hall–Kier alpha value is -1.61. The summed E-state index contributed by atoms with van der Waals surface area (Å²) < 4.78 is 2.13. The molecule has 82 valence electrons. The first-order chi connectivity index (χ1) is 7.84. The molecule has 2 heterocycles. The Morgan fingerprint density at radius 1 is 1.19 bits per heavy atom. The average Bonchev–Trinajstić information content (AvgIpc) is 2.65. The summed E-state index contributed by atoms with van der Waals surface area (Å²) in [5, 5.41) is 7.69. The van der Waals surface area contributed by atoms with Gasteiger partial charge in [-0.3, -0.25) is 4.68 Å². The monoisotopic (exact) mass is 213 g/mol. The Morgan fingerprint density at radius 3 is 2.56 bits per heavy atom. The summed E-state index contributed by atoms with van der Waals surface area (Å²) in [6.07, 6.45) is 1.88. The zero-order valence-electron chi connectivity index (χ0n) is 9.35. The largest absolute Gasteiger partial charge is 0.312 e. The number of hydrogen-bond donors (Lipinski definition) is 1. The molecule has 1 aromatic heterocycles. The van der Waals surface area contributed by atoms with Crippen molar-refractivity contribution < 1.29 is 0 Å². The minimum atomic E-state index is 0.520. The third kappa shape index (κ3) is 1.53. The van der Waals surface area contributed by atoms with Crippen molar-refractivity contribution >= 4 is 0 Å². The van der Waals surface area contributed by atoms with Gasteiger partial charge in [-0.25, -0.2) is 0 Å². The summed E-state index contributed by atoms with van der Waals surface area (Å²) in [6, 6.07) is 11.2. The predicted molar refractivity (Wildman–Crippen MR) is 64.3 cm³/mol. The van der Waals surface area contributed by atoms with Crippen molar-refractivity contribution in [2.45, 2.75) is 13.0 Å². The standard InChI is InChI=1S/C13H15N3/c1-10-2-4-11(5-3-10)13-6-7-15-16(13)12-8-14-9-12/h2-7,12,14H,8-9H2,1H3. The smallest absolute Gasteiger partial charge is 0.0774 e. The van der Waals surface area contributed by atoms with Crippen LogP contribution in [0.2, 0.25) is 0 Å². The second-order valence-corrected chi connectivity index (χ2v) is 4.34. The Balaban J connectivity index is 1.99. The van der Waals surface area contributed by atoms with Gasteiger partial charge >= 0.3 is 0 Å². The van der Waals surface area contributed by atoms with Crippen molar-refractivity contribution in [1.82, 2.24) is 15.1 Å². The molecule has 0 aliphatic carbocycles. The van der Waals surface area contributed by atoms with Crippen molar-refractivity contribution in [1.29, 1.82) is 0 Å². The highest BCUT2D eigenvalue weighted by Crippen LogP contribution is 2.23. The van der Waals surface area contributed by atoms with Gasteiger partial charge in [-0.05, 0) is 18.6 Å². The Labute approximate surface area is 95.1 Å². The highest BCUT2D eigenvalue weighted by atomic mass is 15.3. The molecule has 0 amide bonds. The number of benzene rings is 1. The van der Waals surface area contributed by atoms with E-state index in [4.69, 9.17) is 0 Å². The first-order valence-corrected chi connectivity index (χ1v) is 5.66. The Morgan fingerprint density at radius 2 is 1.94 bits per heavy atom. The molecule has 0 bridgehead atoms. The van der Waals surface area contributed by atoms with E-state index in [-0.39, 0.29) is 0 Å². The van der Waals surface area contributed by atoms with E-state index in [0.717, 1.165) is 13.1 Å². The van der Waals surface area contributed by atoms with Gasteiger partial charge in [0.15, 0.2) is 0 Å². The summed E-state index contributed by atoms with van der Waals surface area (Å²) in [5.74, 6) is 0. The van der Waals surface area contributed by atoms with E-state index in [2.05, 4.69) is 52.4 Å². The van der Waals surface area contributed by atoms with Crippen LogP contribution in [0.4, 0.5) is 0 Å². The second-order valence-electron chi connectivity index (χ2n) is 4.34. The van der Waals surface area contributed by atoms with Crippen molar-refractivity contribution in [2.24, 2.45) is 0 Å². The number of nitrogens with zero attached hydrogens (tertiary/aromatic N) is 2. The van der Waals surface area contributed by atoms with E-state index in [9.17, 15) is 0 Å². The molecule has 0 atom stereocenters. The van der Waals surface area contributed by atoms with E-state index in [1.165, 1.54) is 16.8 Å². The van der Waals surface area contributed by atoms with Crippen LogP contribution < -0.4 is 5.32 Å². The normalized spacial score (nSPS) is 16.1. The molecule has 1 aromatic carbocycles. The lowest BCUT2D eigenvalue weighted by Crippen LogP contribution is -2.44. The van der Waals surface area contributed by atoms with Gasteiger partial charge in [-0.2, -0.15) is 5.10 Å². The first kappa shape index (κ1) is 9.60. The lowest BCUT2D eigenvalue weighted by atomic mass is 10.1. The first-order valence-electron chi connectivity index (χ1n) is 5.66. The maximum absolute atomic E-state index is 4.41. The predicted octanol–water partition coefficient (Wildman–Crippen LogP) is 2.00. The molecule has 1 aliphatic rings. The number of hydrogen-bond acceptors (Lipinski definition) is 2. The molecule has 0 radical (unpaired) electrons. The van der Waals surface area contributed by atoms with Gasteiger partial charge in [0.1, 0.15) is 0 Å². The van der Waals surface area contributed by atoms with Crippen LogP contribution in [0, 0.1) is 6.92 Å². The van der Waals surface area contributed by atoms with Gasteiger partial charge in [0.25, 0.3) is 0 Å². The second kappa shape index (κ2) is 3.76. The molecule has 0 saturated carbocycles. The molecule has 16 heavy (non-hydrogen) atoms. The molecule has 2 aromatic rings. The zero-order chi connectivity index (χ0) is 11.0. The number of aromatic nitrogens is 2. The molecule has 1 saturated heterocycles. The average molecular weight is 213 g/mol. The maximum Gasteiger partial charge on any atom is 0.0774 e. The van der Waals surface area contributed by atoms with Crippen molar-refractivity contribution in [3.05, 3.63) is 42.1 Å². The molecular formula is C13H15N3. The van der Waals surface area contributed by atoms with Crippen LogP contribution in [0.5, 0.6) is 0 Å². The van der Waals surface area contributed by atoms with E-state index in [1.807, 2.05) is 6.20 Å². The van der Waals surface area contributed by atoms with Gasteiger partial charge < -0.3 is 5.32 Å². The fraction of sp³-hybridized carbons (Fsp3) is 0.308. The van der Waals surface area contributed by atoms with Crippen LogP contribution in [0.25, 0.3) is 11.3 Å². The molecule has 3 rings (SSSR count). The summed E-state index contributed by atoms with van der Waals surface area (Å²) in [7, 11) is 0. The van der Waals surface area contributed by atoms with Gasteiger partial charge in [-0.15, -0.1) is 0 Å². The van der Waals surface area contributed by atoms with Crippen LogP contribution in [-0.4, -0.2) is 22.9 Å². The minimum Gasteiger partial charge on any atom is -0.312 e. The van der Waals surface area contributed by atoms with Gasteiger partial charge in [0, 0.05) is 19.3 Å². The van der Waals surface area contributed by atoms with Crippen LogP contribution >= 0.6 is 0 Å². The van der Waals surface area contributed by atoms with Crippen molar-refractivity contribution in [3.8, 4) is 11.3 Å². The molecular weight excluding hydrogens is 198 g/mol. The Kier molecular flexibility index (Phi) is 2.26. The number of rotatable bonds is 2. The molecule has 1 fully saturated rings. The third-order valence-corrected chi connectivity index (χ3v) is 3.12. The molecule has 0 unspecified atom stereocenters. The van der Waals surface area contributed by atoms with Crippen molar-refractivity contribution in [2.75, 3.05) is 13.1 Å². The number of nitrogens with one attached hydrogen (secondary N) is 1.